The molecule has 20 heavy (non-hydrogen) atoms. The first kappa shape index (κ1) is 14.1. The van der Waals surface area contributed by atoms with Gasteiger partial charge in [0.25, 0.3) is 0 Å². The molecule has 0 N–H and O–H groups in total. The summed E-state index contributed by atoms with van der Waals surface area (Å²) in [7, 11) is 2.10. The number of hydrogen-bond acceptors (Lipinski definition) is 4. The summed E-state index contributed by atoms with van der Waals surface area (Å²) in [5.41, 5.74) is 0. The fourth-order valence-electron chi connectivity index (χ4n) is 2.89. The Bertz CT molecular complexity index is 604. The molecular weight excluding hydrogens is 290 g/mol. The van der Waals surface area contributed by atoms with Gasteiger partial charge in [-0.2, -0.15) is 0 Å². The zero-order valence-electron chi connectivity index (χ0n) is 12.0. The smallest absolute Gasteiger partial charge is 0.228 e. The lowest BCUT2D eigenvalue weighted by Gasteiger charge is -2.31. The van der Waals surface area contributed by atoms with Gasteiger partial charge in [-0.05, 0) is 25.3 Å². The highest BCUT2D eigenvalue weighted by Crippen LogP contribution is 2.32. The molecule has 3 nitrogen and oxygen atoms in total. The molecule has 0 unspecified atom stereocenters. The van der Waals surface area contributed by atoms with Crippen LogP contribution in [-0.2, 0) is 6.42 Å². The molecule has 2 aromatic heterocycles. The average Bonchev–Trinajstić information content (AvgIpc) is 2.91. The molecule has 1 aliphatic rings. The van der Waals surface area contributed by atoms with Gasteiger partial charge < -0.3 is 4.90 Å². The highest BCUT2D eigenvalue weighted by atomic mass is 35.5. The zero-order valence-corrected chi connectivity index (χ0v) is 13.6. The molecule has 0 spiro atoms. The molecule has 1 aliphatic carbocycles. The van der Waals surface area contributed by atoms with Crippen LogP contribution in [0.5, 0.6) is 0 Å². The summed E-state index contributed by atoms with van der Waals surface area (Å²) in [6.07, 6.45) is 7.47. The van der Waals surface area contributed by atoms with Gasteiger partial charge in [0.1, 0.15) is 9.98 Å². The molecule has 0 aromatic carbocycles. The van der Waals surface area contributed by atoms with Crippen molar-refractivity contribution in [2.75, 3.05) is 11.9 Å². The normalized spacial score (nSPS) is 16.8. The molecular formula is C15H20ClN3S. The van der Waals surface area contributed by atoms with E-state index in [1.165, 1.54) is 37.0 Å². The SMILES string of the molecule is CCc1cc2c(Cl)nc(N(C)C3CCCCC3)nc2s1. The van der Waals surface area contributed by atoms with Crippen LogP contribution in [-0.4, -0.2) is 23.1 Å². The summed E-state index contributed by atoms with van der Waals surface area (Å²) in [5, 5.41) is 1.58. The number of aryl methyl sites for hydroxylation is 1. The third-order valence-electron chi connectivity index (χ3n) is 4.17. The van der Waals surface area contributed by atoms with Crippen LogP contribution < -0.4 is 4.90 Å². The second-order valence-electron chi connectivity index (χ2n) is 5.50. The van der Waals surface area contributed by atoms with Crippen LogP contribution >= 0.6 is 22.9 Å². The molecule has 0 aliphatic heterocycles. The number of halogens is 1. The van der Waals surface area contributed by atoms with Crippen LogP contribution in [0.15, 0.2) is 6.07 Å². The minimum atomic E-state index is 0.558. The molecule has 5 heteroatoms. The fourth-order valence-corrected chi connectivity index (χ4v) is 4.13. The largest absolute Gasteiger partial charge is 0.341 e. The standard InChI is InChI=1S/C15H20ClN3S/c1-3-11-9-12-13(16)17-15(18-14(12)20-11)19(2)10-7-5-4-6-8-10/h9-10H,3-8H2,1-2H3. The Balaban J connectivity index is 1.94. The summed E-state index contributed by atoms with van der Waals surface area (Å²) in [6.45, 7) is 2.15. The average molecular weight is 310 g/mol. The Morgan fingerprint density at radius 3 is 2.75 bits per heavy atom. The molecule has 2 heterocycles. The maximum absolute atomic E-state index is 6.34. The van der Waals surface area contributed by atoms with E-state index in [0.717, 1.165) is 22.6 Å². The molecule has 1 fully saturated rings. The van der Waals surface area contributed by atoms with Gasteiger partial charge in [-0.25, -0.2) is 9.97 Å². The van der Waals surface area contributed by atoms with Crippen LogP contribution in [0.4, 0.5) is 5.95 Å². The van der Waals surface area contributed by atoms with Crippen LogP contribution in [0, 0.1) is 0 Å². The zero-order chi connectivity index (χ0) is 14.1. The van der Waals surface area contributed by atoms with Crippen molar-refractivity contribution in [3.63, 3.8) is 0 Å². The predicted octanol–water partition coefficient (Wildman–Crippen LogP) is 4.68. The first-order chi connectivity index (χ1) is 9.69. The van der Waals surface area contributed by atoms with E-state index < -0.39 is 0 Å². The second kappa shape index (κ2) is 5.86. The van der Waals surface area contributed by atoms with Gasteiger partial charge in [-0.15, -0.1) is 11.3 Å². The van der Waals surface area contributed by atoms with Crippen LogP contribution in [0.1, 0.15) is 43.9 Å². The highest BCUT2D eigenvalue weighted by Gasteiger charge is 2.21. The monoisotopic (exact) mass is 309 g/mol. The first-order valence-electron chi connectivity index (χ1n) is 7.38. The lowest BCUT2D eigenvalue weighted by molar-refractivity contribution is 0.424. The first-order valence-corrected chi connectivity index (χ1v) is 8.57. The fraction of sp³-hybridized carbons (Fsp3) is 0.600. The Morgan fingerprint density at radius 2 is 2.05 bits per heavy atom. The van der Waals surface area contributed by atoms with E-state index in [0.29, 0.717) is 11.2 Å². The van der Waals surface area contributed by atoms with E-state index in [2.05, 4.69) is 29.9 Å². The van der Waals surface area contributed by atoms with E-state index >= 15 is 0 Å². The van der Waals surface area contributed by atoms with E-state index in [-0.39, 0.29) is 0 Å². The Kier molecular flexibility index (Phi) is 4.13. The maximum Gasteiger partial charge on any atom is 0.228 e. The van der Waals surface area contributed by atoms with E-state index in [1.54, 1.807) is 11.3 Å². The number of nitrogens with zero attached hydrogens (tertiary/aromatic N) is 3. The number of anilines is 1. The van der Waals surface area contributed by atoms with Gasteiger partial charge in [-0.3, -0.25) is 0 Å². The van der Waals surface area contributed by atoms with Gasteiger partial charge in [-0.1, -0.05) is 37.8 Å². The highest BCUT2D eigenvalue weighted by molar-refractivity contribution is 7.18. The van der Waals surface area contributed by atoms with Gasteiger partial charge >= 0.3 is 0 Å². The molecule has 3 rings (SSSR count). The minimum absolute atomic E-state index is 0.558. The Labute approximate surface area is 129 Å². The van der Waals surface area contributed by atoms with Crippen molar-refractivity contribution in [1.29, 1.82) is 0 Å². The molecule has 1 saturated carbocycles. The van der Waals surface area contributed by atoms with E-state index in [4.69, 9.17) is 16.6 Å². The van der Waals surface area contributed by atoms with Gasteiger partial charge in [0.15, 0.2) is 0 Å². The van der Waals surface area contributed by atoms with Crippen molar-refractivity contribution >= 4 is 39.1 Å². The van der Waals surface area contributed by atoms with Gasteiger partial charge in [0.2, 0.25) is 5.95 Å². The van der Waals surface area contributed by atoms with Crippen LogP contribution in [0.2, 0.25) is 5.15 Å². The second-order valence-corrected chi connectivity index (χ2v) is 6.98. The van der Waals surface area contributed by atoms with Gasteiger partial charge in [0.05, 0.1) is 0 Å². The summed E-state index contributed by atoms with van der Waals surface area (Å²) < 4.78 is 0. The third kappa shape index (κ3) is 2.63. The summed E-state index contributed by atoms with van der Waals surface area (Å²) in [6, 6.07) is 2.68. The van der Waals surface area contributed by atoms with Crippen molar-refractivity contribution in [3.8, 4) is 0 Å². The van der Waals surface area contributed by atoms with Crippen molar-refractivity contribution in [2.45, 2.75) is 51.5 Å². The maximum atomic E-state index is 6.34. The predicted molar refractivity (Wildman–Crippen MR) is 87.1 cm³/mol. The number of aromatic nitrogens is 2. The quantitative estimate of drug-likeness (QED) is 0.771. The van der Waals surface area contributed by atoms with Crippen molar-refractivity contribution in [3.05, 3.63) is 16.1 Å². The Hall–Kier alpha value is -0.870. The molecule has 0 bridgehead atoms. The minimum Gasteiger partial charge on any atom is -0.341 e. The van der Waals surface area contributed by atoms with Crippen molar-refractivity contribution in [1.82, 2.24) is 9.97 Å². The number of thiophene rings is 1. The lowest BCUT2D eigenvalue weighted by atomic mass is 9.95. The molecule has 108 valence electrons. The van der Waals surface area contributed by atoms with Crippen molar-refractivity contribution in [2.24, 2.45) is 0 Å². The van der Waals surface area contributed by atoms with E-state index in [9.17, 15) is 0 Å². The topological polar surface area (TPSA) is 29.0 Å². The van der Waals surface area contributed by atoms with Crippen molar-refractivity contribution < 1.29 is 0 Å². The van der Waals surface area contributed by atoms with Crippen LogP contribution in [0.25, 0.3) is 10.2 Å². The molecule has 0 amide bonds. The van der Waals surface area contributed by atoms with Gasteiger partial charge in [0, 0.05) is 23.4 Å². The molecule has 0 radical (unpaired) electrons. The molecule has 2 aromatic rings. The number of hydrogen-bond donors (Lipinski definition) is 0. The number of fused-ring (bicyclic) bond motifs is 1. The third-order valence-corrected chi connectivity index (χ3v) is 5.63. The summed E-state index contributed by atoms with van der Waals surface area (Å²) in [4.78, 5) is 13.8. The molecule has 0 saturated heterocycles. The summed E-state index contributed by atoms with van der Waals surface area (Å²) >= 11 is 8.07. The number of rotatable bonds is 3. The Morgan fingerprint density at radius 1 is 1.30 bits per heavy atom. The molecule has 0 atom stereocenters. The lowest BCUT2D eigenvalue weighted by Crippen LogP contribution is -2.34. The van der Waals surface area contributed by atoms with Crippen LogP contribution in [0.3, 0.4) is 0 Å². The van der Waals surface area contributed by atoms with E-state index in [1.807, 2.05) is 0 Å². The summed E-state index contributed by atoms with van der Waals surface area (Å²) in [5.74, 6) is 0.777.